The van der Waals surface area contributed by atoms with Gasteiger partial charge in [0.15, 0.2) is 0 Å². The van der Waals surface area contributed by atoms with Gasteiger partial charge in [0.2, 0.25) is 0 Å². The Hall–Kier alpha value is -0.780. The van der Waals surface area contributed by atoms with E-state index in [2.05, 4.69) is 26.2 Å². The van der Waals surface area contributed by atoms with Gasteiger partial charge in [-0.2, -0.15) is 0 Å². The number of thiazole rings is 1. The average molecular weight is 315 g/mol. The number of aromatic nitrogens is 1. The summed E-state index contributed by atoms with van der Waals surface area (Å²) in [5.41, 5.74) is 1.80. The van der Waals surface area contributed by atoms with E-state index < -0.39 is 0 Å². The molecule has 0 aliphatic rings. The molecule has 0 aliphatic heterocycles. The zero-order valence-electron chi connectivity index (χ0n) is 9.55. The van der Waals surface area contributed by atoms with E-state index >= 15 is 0 Å². The fraction of sp³-hybridized carbons (Fsp3) is 0.250. The molecule has 5 heteroatoms. The van der Waals surface area contributed by atoms with Gasteiger partial charge in [-0.1, -0.05) is 15.9 Å². The lowest BCUT2D eigenvalue weighted by Crippen LogP contribution is -2.04. The monoisotopic (exact) mass is 314 g/mol. The zero-order chi connectivity index (χ0) is 12.4. The van der Waals surface area contributed by atoms with Crippen molar-refractivity contribution < 1.29 is 4.39 Å². The first-order valence-electron chi connectivity index (χ1n) is 5.18. The number of benzene rings is 1. The van der Waals surface area contributed by atoms with Crippen LogP contribution in [-0.4, -0.2) is 12.0 Å². The predicted molar refractivity (Wildman–Crippen MR) is 72.7 cm³/mol. The van der Waals surface area contributed by atoms with Crippen LogP contribution in [0.3, 0.4) is 0 Å². The Bertz CT molecular complexity index is 539. The van der Waals surface area contributed by atoms with Gasteiger partial charge in [0.25, 0.3) is 0 Å². The van der Waals surface area contributed by atoms with E-state index in [4.69, 9.17) is 0 Å². The van der Waals surface area contributed by atoms with Gasteiger partial charge in [-0.15, -0.1) is 11.3 Å². The van der Waals surface area contributed by atoms with Gasteiger partial charge < -0.3 is 5.32 Å². The molecule has 1 aromatic heterocycles. The van der Waals surface area contributed by atoms with Crippen LogP contribution in [0.2, 0.25) is 0 Å². The summed E-state index contributed by atoms with van der Waals surface area (Å²) < 4.78 is 14.1. The van der Waals surface area contributed by atoms with Crippen molar-refractivity contribution in [1.82, 2.24) is 10.3 Å². The lowest BCUT2D eigenvalue weighted by molar-refractivity contribution is 0.628. The molecule has 2 rings (SSSR count). The van der Waals surface area contributed by atoms with Crippen molar-refractivity contribution in [3.05, 3.63) is 39.1 Å². The first-order chi connectivity index (χ1) is 8.11. The molecule has 0 saturated carbocycles. The maximum Gasteiger partial charge on any atom is 0.125 e. The Morgan fingerprint density at radius 1 is 1.47 bits per heavy atom. The fourth-order valence-corrected chi connectivity index (χ4v) is 3.20. The SMILES string of the molecule is CNCc1sc(-c2cc(F)ccc2Br)nc1C. The zero-order valence-corrected chi connectivity index (χ0v) is 12.0. The summed E-state index contributed by atoms with van der Waals surface area (Å²) in [6, 6.07) is 4.65. The number of aryl methyl sites for hydroxylation is 1. The van der Waals surface area contributed by atoms with Gasteiger partial charge in [-0.25, -0.2) is 9.37 Å². The first kappa shape index (κ1) is 12.7. The minimum absolute atomic E-state index is 0.244. The van der Waals surface area contributed by atoms with Crippen LogP contribution in [0, 0.1) is 12.7 Å². The van der Waals surface area contributed by atoms with Crippen molar-refractivity contribution in [2.75, 3.05) is 7.05 Å². The summed E-state index contributed by atoms with van der Waals surface area (Å²) in [6.07, 6.45) is 0. The lowest BCUT2D eigenvalue weighted by Gasteiger charge is -2.00. The molecule has 0 saturated heterocycles. The highest BCUT2D eigenvalue weighted by molar-refractivity contribution is 9.10. The van der Waals surface area contributed by atoms with Crippen molar-refractivity contribution in [3.8, 4) is 10.6 Å². The molecule has 1 aromatic carbocycles. The Balaban J connectivity index is 2.45. The van der Waals surface area contributed by atoms with Gasteiger partial charge in [-0.05, 0) is 32.2 Å². The topological polar surface area (TPSA) is 24.9 Å². The van der Waals surface area contributed by atoms with E-state index in [1.54, 1.807) is 17.4 Å². The number of hydrogen-bond donors (Lipinski definition) is 1. The second-order valence-electron chi connectivity index (χ2n) is 3.68. The van der Waals surface area contributed by atoms with Crippen molar-refractivity contribution in [3.63, 3.8) is 0 Å². The van der Waals surface area contributed by atoms with Gasteiger partial charge >= 0.3 is 0 Å². The smallest absolute Gasteiger partial charge is 0.125 e. The molecule has 0 radical (unpaired) electrons. The maximum absolute atomic E-state index is 13.2. The molecule has 0 unspecified atom stereocenters. The molecule has 0 spiro atoms. The number of nitrogens with zero attached hydrogens (tertiary/aromatic N) is 1. The molecule has 1 N–H and O–H groups in total. The van der Waals surface area contributed by atoms with Crippen LogP contribution in [0.4, 0.5) is 4.39 Å². The molecule has 90 valence electrons. The van der Waals surface area contributed by atoms with Gasteiger partial charge in [0.1, 0.15) is 10.8 Å². The predicted octanol–water partition coefficient (Wildman–Crippen LogP) is 3.74. The van der Waals surface area contributed by atoms with Crippen LogP contribution < -0.4 is 5.32 Å². The largest absolute Gasteiger partial charge is 0.315 e. The van der Waals surface area contributed by atoms with Gasteiger partial charge in [-0.3, -0.25) is 0 Å². The van der Waals surface area contributed by atoms with Crippen molar-refractivity contribution >= 4 is 27.3 Å². The molecule has 0 bridgehead atoms. The fourth-order valence-electron chi connectivity index (χ4n) is 1.53. The Labute approximate surface area is 112 Å². The minimum Gasteiger partial charge on any atom is -0.315 e. The molecule has 0 amide bonds. The van der Waals surface area contributed by atoms with Crippen LogP contribution in [0.25, 0.3) is 10.6 Å². The summed E-state index contributed by atoms with van der Waals surface area (Å²) >= 11 is 5.01. The molecule has 17 heavy (non-hydrogen) atoms. The summed E-state index contributed by atoms with van der Waals surface area (Å²) in [6.45, 7) is 2.76. The van der Waals surface area contributed by atoms with Crippen molar-refractivity contribution in [1.29, 1.82) is 0 Å². The van der Waals surface area contributed by atoms with E-state index in [0.29, 0.717) is 0 Å². The molecular formula is C12H12BrFN2S. The quantitative estimate of drug-likeness (QED) is 0.933. The number of rotatable bonds is 3. The second-order valence-corrected chi connectivity index (χ2v) is 5.62. The number of halogens is 2. The molecule has 0 aliphatic carbocycles. The molecular weight excluding hydrogens is 303 g/mol. The first-order valence-corrected chi connectivity index (χ1v) is 6.79. The highest BCUT2D eigenvalue weighted by Crippen LogP contribution is 2.33. The second kappa shape index (κ2) is 5.25. The number of nitrogens with one attached hydrogen (secondary N) is 1. The Morgan fingerprint density at radius 2 is 2.24 bits per heavy atom. The molecule has 2 nitrogen and oxygen atoms in total. The van der Waals surface area contributed by atoms with Crippen molar-refractivity contribution in [2.24, 2.45) is 0 Å². The Kier molecular flexibility index (Phi) is 3.91. The molecule has 0 atom stereocenters. The third-order valence-electron chi connectivity index (χ3n) is 2.39. The normalized spacial score (nSPS) is 10.8. The third-order valence-corrected chi connectivity index (χ3v) is 4.27. The highest BCUT2D eigenvalue weighted by Gasteiger charge is 2.12. The van der Waals surface area contributed by atoms with Crippen LogP contribution in [0.1, 0.15) is 10.6 Å². The van der Waals surface area contributed by atoms with Crippen molar-refractivity contribution in [2.45, 2.75) is 13.5 Å². The van der Waals surface area contributed by atoms with E-state index in [9.17, 15) is 4.39 Å². The third kappa shape index (κ3) is 2.73. The standard InChI is InChI=1S/C12H12BrFN2S/c1-7-11(6-15-2)17-12(16-7)9-5-8(14)3-4-10(9)13/h3-5,15H,6H2,1-2H3. The lowest BCUT2D eigenvalue weighted by atomic mass is 10.2. The molecule has 1 heterocycles. The molecule has 2 aromatic rings. The van der Waals surface area contributed by atoms with Gasteiger partial charge in [0.05, 0.1) is 5.69 Å². The summed E-state index contributed by atoms with van der Waals surface area (Å²) in [5.74, 6) is -0.244. The summed E-state index contributed by atoms with van der Waals surface area (Å²) in [4.78, 5) is 5.66. The van der Waals surface area contributed by atoms with Crippen LogP contribution >= 0.6 is 27.3 Å². The Morgan fingerprint density at radius 3 is 2.94 bits per heavy atom. The average Bonchev–Trinajstić information content (AvgIpc) is 2.64. The maximum atomic E-state index is 13.2. The minimum atomic E-state index is -0.244. The van der Waals surface area contributed by atoms with Crippen LogP contribution in [-0.2, 0) is 6.54 Å². The number of hydrogen-bond acceptors (Lipinski definition) is 3. The van der Waals surface area contributed by atoms with E-state index in [1.807, 2.05) is 14.0 Å². The van der Waals surface area contributed by atoms with Crippen LogP contribution in [0.15, 0.2) is 22.7 Å². The molecule has 0 fully saturated rings. The highest BCUT2D eigenvalue weighted by atomic mass is 79.9. The summed E-state index contributed by atoms with van der Waals surface area (Å²) in [5, 5.41) is 3.95. The van der Waals surface area contributed by atoms with E-state index in [-0.39, 0.29) is 5.82 Å². The van der Waals surface area contributed by atoms with Gasteiger partial charge in [0, 0.05) is 21.5 Å². The van der Waals surface area contributed by atoms with Crippen LogP contribution in [0.5, 0.6) is 0 Å². The summed E-state index contributed by atoms with van der Waals surface area (Å²) in [7, 11) is 1.90. The van der Waals surface area contributed by atoms with E-state index in [0.717, 1.165) is 27.3 Å². The van der Waals surface area contributed by atoms with E-state index in [1.165, 1.54) is 17.0 Å².